The number of halogens is 2. The molecule has 0 bridgehead atoms. The fraction of sp³-hybridized carbons (Fsp3) is 0.562. The highest BCUT2D eigenvalue weighted by Crippen LogP contribution is 2.15. The summed E-state index contributed by atoms with van der Waals surface area (Å²) in [6.07, 6.45) is 6.31. The molecule has 24 heavy (non-hydrogen) atoms. The highest BCUT2D eigenvalue weighted by atomic mass is 35.5. The third-order valence-corrected chi connectivity index (χ3v) is 5.47. The second-order valence-corrected chi connectivity index (χ2v) is 8.17. The second kappa shape index (κ2) is 10.9. The first-order valence-corrected chi connectivity index (χ1v) is 9.99. The summed E-state index contributed by atoms with van der Waals surface area (Å²) in [5.41, 5.74) is 0.471. The van der Waals surface area contributed by atoms with Gasteiger partial charge < -0.3 is 10.2 Å². The fourth-order valence-electron chi connectivity index (χ4n) is 2.17. The summed E-state index contributed by atoms with van der Waals surface area (Å²) in [6, 6.07) is -0.0483. The number of urea groups is 1. The van der Waals surface area contributed by atoms with Crippen molar-refractivity contribution in [2.45, 2.75) is 38.0 Å². The van der Waals surface area contributed by atoms with Crippen LogP contribution in [0.15, 0.2) is 35.5 Å². The molecule has 0 radical (unpaired) electrons. The number of carbonyl (C=O) groups excluding carboxylic acids is 1. The van der Waals surface area contributed by atoms with Gasteiger partial charge in [0.15, 0.2) is 0 Å². The Morgan fingerprint density at radius 3 is 2.54 bits per heavy atom. The summed E-state index contributed by atoms with van der Waals surface area (Å²) in [6.45, 7) is 8.63. The molecule has 0 aromatic heterocycles. The molecule has 1 heterocycles. The first kappa shape index (κ1) is 21.2. The monoisotopic (exact) mass is 393 g/mol. The van der Waals surface area contributed by atoms with E-state index in [1.165, 1.54) is 0 Å². The first-order valence-electron chi connectivity index (χ1n) is 7.86. The molecular formula is C16H25Cl2N3O2S. The van der Waals surface area contributed by atoms with Crippen LogP contribution in [-0.4, -0.2) is 45.4 Å². The van der Waals surface area contributed by atoms with Crippen LogP contribution in [-0.2, 0) is 11.0 Å². The summed E-state index contributed by atoms with van der Waals surface area (Å²) >= 11 is 11.7. The van der Waals surface area contributed by atoms with Crippen molar-refractivity contribution in [3.63, 3.8) is 0 Å². The van der Waals surface area contributed by atoms with Crippen LogP contribution in [0.4, 0.5) is 4.79 Å². The Balaban J connectivity index is 2.56. The van der Waals surface area contributed by atoms with Crippen LogP contribution in [0.5, 0.6) is 0 Å². The van der Waals surface area contributed by atoms with E-state index in [4.69, 9.17) is 23.2 Å². The predicted molar refractivity (Wildman–Crippen MR) is 102 cm³/mol. The molecule has 5 nitrogen and oxygen atoms in total. The predicted octanol–water partition coefficient (Wildman–Crippen LogP) is 3.25. The molecule has 1 aliphatic rings. The molecule has 0 aromatic carbocycles. The molecule has 1 rings (SSSR count). The lowest BCUT2D eigenvalue weighted by Gasteiger charge is -2.32. The molecule has 0 spiro atoms. The minimum Gasteiger partial charge on any atom is -0.324 e. The zero-order valence-electron chi connectivity index (χ0n) is 14.1. The van der Waals surface area contributed by atoms with Gasteiger partial charge in [-0.3, -0.25) is 0 Å². The van der Waals surface area contributed by atoms with Crippen LogP contribution >= 0.6 is 23.2 Å². The van der Waals surface area contributed by atoms with Gasteiger partial charge >= 0.3 is 6.03 Å². The van der Waals surface area contributed by atoms with E-state index >= 15 is 0 Å². The quantitative estimate of drug-likeness (QED) is 0.514. The van der Waals surface area contributed by atoms with Crippen LogP contribution in [0.3, 0.4) is 0 Å². The number of rotatable bonds is 7. The summed E-state index contributed by atoms with van der Waals surface area (Å²) in [4.78, 5) is 14.1. The van der Waals surface area contributed by atoms with Gasteiger partial charge in [-0.15, -0.1) is 11.6 Å². The van der Waals surface area contributed by atoms with Gasteiger partial charge in [-0.2, -0.15) is 0 Å². The van der Waals surface area contributed by atoms with E-state index in [2.05, 4.69) is 16.6 Å². The molecule has 1 unspecified atom stereocenters. The van der Waals surface area contributed by atoms with Gasteiger partial charge in [0.25, 0.3) is 0 Å². The van der Waals surface area contributed by atoms with Gasteiger partial charge in [-0.1, -0.05) is 24.3 Å². The van der Waals surface area contributed by atoms with Crippen molar-refractivity contribution in [1.82, 2.24) is 14.9 Å². The lowest BCUT2D eigenvalue weighted by atomic mass is 10.1. The molecule has 0 aliphatic carbocycles. The number of hydrogen-bond donors (Lipinski definition) is 2. The number of likely N-dealkylation sites (tertiary alicyclic amines) is 1. The Bertz CT molecular complexity index is 527. The molecule has 2 amide bonds. The van der Waals surface area contributed by atoms with E-state index in [1.54, 1.807) is 23.1 Å². The number of amides is 2. The number of alkyl halides is 1. The zero-order valence-corrected chi connectivity index (χ0v) is 16.4. The Hall–Kier alpha value is -0.820. The molecule has 1 fully saturated rings. The lowest BCUT2D eigenvalue weighted by molar-refractivity contribution is 0.183. The van der Waals surface area contributed by atoms with Crippen molar-refractivity contribution in [3.8, 4) is 0 Å². The molecule has 1 saturated heterocycles. The van der Waals surface area contributed by atoms with E-state index in [1.807, 2.05) is 13.8 Å². The zero-order chi connectivity index (χ0) is 18.1. The average molecular weight is 394 g/mol. The Morgan fingerprint density at radius 2 is 2.04 bits per heavy atom. The van der Waals surface area contributed by atoms with E-state index < -0.39 is 11.0 Å². The smallest absolute Gasteiger partial charge is 0.321 e. The van der Waals surface area contributed by atoms with Gasteiger partial charge in [-0.25, -0.2) is 13.7 Å². The molecule has 1 atom stereocenters. The first-order chi connectivity index (χ1) is 11.4. The maximum Gasteiger partial charge on any atom is 0.321 e. The van der Waals surface area contributed by atoms with Crippen LogP contribution < -0.4 is 10.0 Å². The molecule has 1 aliphatic heterocycles. The average Bonchev–Trinajstić information content (AvgIpc) is 2.55. The number of nitrogens with one attached hydrogen (secondary N) is 2. The molecular weight excluding hydrogens is 369 g/mol. The summed E-state index contributed by atoms with van der Waals surface area (Å²) in [7, 11) is -1.04. The van der Waals surface area contributed by atoms with Gasteiger partial charge in [0.2, 0.25) is 0 Å². The van der Waals surface area contributed by atoms with Crippen LogP contribution in [0.25, 0.3) is 0 Å². The van der Waals surface area contributed by atoms with Crippen molar-refractivity contribution in [3.05, 3.63) is 35.5 Å². The van der Waals surface area contributed by atoms with Gasteiger partial charge in [-0.05, 0) is 38.8 Å². The minimum atomic E-state index is -1.04. The summed E-state index contributed by atoms with van der Waals surface area (Å²) < 4.78 is 15.0. The van der Waals surface area contributed by atoms with Crippen molar-refractivity contribution in [1.29, 1.82) is 0 Å². The second-order valence-electron chi connectivity index (χ2n) is 5.68. The van der Waals surface area contributed by atoms with Crippen molar-refractivity contribution >= 4 is 40.2 Å². The van der Waals surface area contributed by atoms with E-state index in [0.717, 1.165) is 12.8 Å². The SMILES string of the molecule is C=C/C=C(NC(=O)N1CCC(NS(=O)C(C)C)CC1)\C(Cl)=C/CCl. The maximum atomic E-state index is 12.4. The Morgan fingerprint density at radius 1 is 1.42 bits per heavy atom. The molecule has 136 valence electrons. The topological polar surface area (TPSA) is 61.4 Å². The van der Waals surface area contributed by atoms with Crippen molar-refractivity contribution < 1.29 is 9.00 Å². The van der Waals surface area contributed by atoms with E-state index in [-0.39, 0.29) is 23.2 Å². The standard InChI is InChI=1S/C16H25Cl2N3O2S/c1-4-5-15(14(18)6-9-17)19-16(22)21-10-7-13(8-11-21)20-24(23)12(2)3/h4-6,12-13,20H,1,7-11H2,2-3H3,(H,19,22)/b14-6+,15-5+. The number of carbonyl (C=O) groups is 1. The largest absolute Gasteiger partial charge is 0.324 e. The van der Waals surface area contributed by atoms with Crippen LogP contribution in [0.1, 0.15) is 26.7 Å². The Labute approximate surface area is 156 Å². The number of allylic oxidation sites excluding steroid dienone is 4. The minimum absolute atomic E-state index is 0.0776. The number of hydrogen-bond acceptors (Lipinski definition) is 2. The Kier molecular flexibility index (Phi) is 9.66. The third kappa shape index (κ3) is 6.97. The highest BCUT2D eigenvalue weighted by molar-refractivity contribution is 7.83. The van der Waals surface area contributed by atoms with Gasteiger partial charge in [0.05, 0.1) is 21.7 Å². The normalized spacial score (nSPS) is 18.6. The molecule has 0 saturated carbocycles. The van der Waals surface area contributed by atoms with Crippen molar-refractivity contribution in [2.24, 2.45) is 0 Å². The van der Waals surface area contributed by atoms with E-state index in [9.17, 15) is 9.00 Å². The lowest BCUT2D eigenvalue weighted by Crippen LogP contribution is -2.49. The number of nitrogens with zero attached hydrogens (tertiary/aromatic N) is 1. The fourth-order valence-corrected chi connectivity index (χ4v) is 3.43. The van der Waals surface area contributed by atoms with Crippen LogP contribution in [0.2, 0.25) is 0 Å². The third-order valence-electron chi connectivity index (χ3n) is 3.53. The molecule has 8 heteroatoms. The van der Waals surface area contributed by atoms with Gasteiger partial charge in [0, 0.05) is 30.3 Å². The molecule has 2 N–H and O–H groups in total. The highest BCUT2D eigenvalue weighted by Gasteiger charge is 2.24. The van der Waals surface area contributed by atoms with Crippen molar-refractivity contribution in [2.75, 3.05) is 19.0 Å². The summed E-state index contributed by atoms with van der Waals surface area (Å²) in [5, 5.41) is 3.24. The van der Waals surface area contributed by atoms with Crippen LogP contribution in [0, 0.1) is 0 Å². The maximum absolute atomic E-state index is 12.4. The van der Waals surface area contributed by atoms with E-state index in [0.29, 0.717) is 23.8 Å². The summed E-state index contributed by atoms with van der Waals surface area (Å²) in [5.74, 6) is 0.257. The van der Waals surface area contributed by atoms with Gasteiger partial charge in [0.1, 0.15) is 0 Å². The molecule has 0 aromatic rings. The number of piperidine rings is 1.